The largest absolute Gasteiger partial charge is 0.497 e. The summed E-state index contributed by atoms with van der Waals surface area (Å²) in [7, 11) is -3.00. The average molecular weight is 482 g/mol. The highest BCUT2D eigenvalue weighted by Crippen LogP contribution is 2.37. The molecule has 1 aliphatic rings. The van der Waals surface area contributed by atoms with Gasteiger partial charge in [-0.2, -0.15) is 30.6 Å². The Morgan fingerprint density at radius 2 is 1.34 bits per heavy atom. The van der Waals surface area contributed by atoms with Gasteiger partial charge in [-0.15, -0.1) is 0 Å². The van der Waals surface area contributed by atoms with E-state index in [9.17, 15) is 34.8 Å². The lowest BCUT2D eigenvalue weighted by atomic mass is 10.1. The quantitative estimate of drug-likeness (QED) is 0.599. The maximum absolute atomic E-state index is 13.1. The van der Waals surface area contributed by atoms with E-state index in [1.54, 1.807) is 12.1 Å². The molecular weight excluding hydrogens is 462 g/mol. The lowest BCUT2D eigenvalue weighted by molar-refractivity contribution is -0.143. The Labute approximate surface area is 181 Å². The van der Waals surface area contributed by atoms with Crippen LogP contribution in [0.25, 0.3) is 0 Å². The highest BCUT2D eigenvalue weighted by Gasteiger charge is 2.39. The Balaban J connectivity index is 1.77. The fourth-order valence-electron chi connectivity index (χ4n) is 3.34. The molecule has 2 aromatic rings. The van der Waals surface area contributed by atoms with Gasteiger partial charge in [0.05, 0.1) is 23.1 Å². The van der Waals surface area contributed by atoms with Crippen molar-refractivity contribution >= 4 is 10.0 Å². The summed E-state index contributed by atoms with van der Waals surface area (Å²) >= 11 is 0. The number of hydrogen-bond acceptors (Lipinski definition) is 4. The van der Waals surface area contributed by atoms with Crippen LogP contribution < -0.4 is 4.74 Å². The van der Waals surface area contributed by atoms with E-state index in [4.69, 9.17) is 4.74 Å². The summed E-state index contributed by atoms with van der Waals surface area (Å²) in [6.45, 7) is 0.943. The number of piperazine rings is 1. The van der Waals surface area contributed by atoms with Gasteiger partial charge < -0.3 is 4.74 Å². The highest BCUT2D eigenvalue weighted by molar-refractivity contribution is 7.89. The minimum absolute atomic E-state index is 0.0594. The SMILES string of the molecule is COc1ccc(CN2CCN(S(=O)(=O)c3cc(C(F)(F)F)cc(C(F)(F)F)c3)CC2)cc1. The van der Waals surface area contributed by atoms with Crippen LogP contribution >= 0.6 is 0 Å². The molecule has 0 radical (unpaired) electrons. The Kier molecular flexibility index (Phi) is 6.78. The van der Waals surface area contributed by atoms with Crippen molar-refractivity contribution in [2.75, 3.05) is 33.3 Å². The number of sulfonamides is 1. The van der Waals surface area contributed by atoms with Crippen LogP contribution in [-0.4, -0.2) is 50.9 Å². The third-order valence-corrected chi connectivity index (χ3v) is 6.97. The van der Waals surface area contributed by atoms with Crippen LogP contribution in [0.15, 0.2) is 47.4 Å². The molecule has 0 aliphatic carbocycles. The maximum Gasteiger partial charge on any atom is 0.416 e. The smallest absolute Gasteiger partial charge is 0.416 e. The molecule has 0 aromatic heterocycles. The molecule has 0 atom stereocenters. The van der Waals surface area contributed by atoms with Crippen molar-refractivity contribution in [2.45, 2.75) is 23.8 Å². The summed E-state index contributed by atoms with van der Waals surface area (Å²) in [4.78, 5) is 0.921. The number of ether oxygens (including phenoxy) is 1. The lowest BCUT2D eigenvalue weighted by Gasteiger charge is -2.34. The molecule has 0 unspecified atom stereocenters. The summed E-state index contributed by atoms with van der Waals surface area (Å²) in [6, 6.07) is 7.66. The molecule has 1 saturated heterocycles. The van der Waals surface area contributed by atoms with E-state index < -0.39 is 38.4 Å². The molecule has 0 N–H and O–H groups in total. The topological polar surface area (TPSA) is 49.9 Å². The number of nitrogens with zero attached hydrogens (tertiary/aromatic N) is 2. The monoisotopic (exact) mass is 482 g/mol. The van der Waals surface area contributed by atoms with Gasteiger partial charge in [0, 0.05) is 32.7 Å². The van der Waals surface area contributed by atoms with E-state index in [-0.39, 0.29) is 44.4 Å². The Morgan fingerprint density at radius 3 is 1.78 bits per heavy atom. The van der Waals surface area contributed by atoms with Crippen molar-refractivity contribution in [2.24, 2.45) is 0 Å². The minimum atomic E-state index is -5.12. The Morgan fingerprint density at radius 1 is 0.844 bits per heavy atom. The van der Waals surface area contributed by atoms with Crippen LogP contribution in [-0.2, 0) is 28.9 Å². The number of rotatable bonds is 5. The third-order valence-electron chi connectivity index (χ3n) is 5.10. The van der Waals surface area contributed by atoms with Gasteiger partial charge in [-0.3, -0.25) is 4.90 Å². The number of hydrogen-bond donors (Lipinski definition) is 0. The third kappa shape index (κ3) is 5.54. The van der Waals surface area contributed by atoms with E-state index in [2.05, 4.69) is 0 Å². The van der Waals surface area contributed by atoms with Crippen molar-refractivity contribution in [1.29, 1.82) is 0 Å². The maximum atomic E-state index is 13.1. The molecule has 0 spiro atoms. The molecule has 0 saturated carbocycles. The summed E-state index contributed by atoms with van der Waals surface area (Å²) in [5.41, 5.74) is -2.37. The number of benzene rings is 2. The molecule has 1 fully saturated rings. The van der Waals surface area contributed by atoms with Crippen LogP contribution in [0.5, 0.6) is 5.75 Å². The first-order valence-corrected chi connectivity index (χ1v) is 10.9. The molecule has 176 valence electrons. The molecular formula is C20H20F6N2O3S. The minimum Gasteiger partial charge on any atom is -0.497 e. The van der Waals surface area contributed by atoms with Crippen molar-refractivity contribution in [1.82, 2.24) is 9.21 Å². The second-order valence-corrected chi connectivity index (χ2v) is 9.21. The van der Waals surface area contributed by atoms with Gasteiger partial charge in [0.1, 0.15) is 5.75 Å². The molecule has 12 heteroatoms. The average Bonchev–Trinajstić information content (AvgIpc) is 2.73. The van der Waals surface area contributed by atoms with Gasteiger partial charge in [0.2, 0.25) is 10.0 Å². The first-order valence-electron chi connectivity index (χ1n) is 9.45. The zero-order valence-corrected chi connectivity index (χ0v) is 17.7. The summed E-state index contributed by atoms with van der Waals surface area (Å²) in [5.74, 6) is 0.684. The van der Waals surface area contributed by atoms with E-state index in [0.29, 0.717) is 12.3 Å². The van der Waals surface area contributed by atoms with Crippen LogP contribution in [0.2, 0.25) is 0 Å². The number of methoxy groups -OCH3 is 1. The van der Waals surface area contributed by atoms with Crippen LogP contribution in [0.1, 0.15) is 16.7 Å². The van der Waals surface area contributed by atoms with Crippen LogP contribution in [0, 0.1) is 0 Å². The molecule has 1 aliphatic heterocycles. The molecule has 32 heavy (non-hydrogen) atoms. The molecule has 0 bridgehead atoms. The summed E-state index contributed by atoms with van der Waals surface area (Å²) in [6.07, 6.45) is -10.2. The van der Waals surface area contributed by atoms with Crippen LogP contribution in [0.3, 0.4) is 0 Å². The van der Waals surface area contributed by atoms with Gasteiger partial charge in [0.25, 0.3) is 0 Å². The highest BCUT2D eigenvalue weighted by atomic mass is 32.2. The zero-order chi connectivity index (χ0) is 23.7. The van der Waals surface area contributed by atoms with Gasteiger partial charge >= 0.3 is 12.4 Å². The predicted molar refractivity (Wildman–Crippen MR) is 103 cm³/mol. The van der Waals surface area contributed by atoms with Gasteiger partial charge in [0.15, 0.2) is 0 Å². The first-order chi connectivity index (χ1) is 14.8. The molecule has 5 nitrogen and oxygen atoms in total. The van der Waals surface area contributed by atoms with Gasteiger partial charge in [-0.1, -0.05) is 12.1 Å². The van der Waals surface area contributed by atoms with Crippen molar-refractivity contribution < 1.29 is 39.5 Å². The number of alkyl halides is 6. The van der Waals surface area contributed by atoms with Crippen molar-refractivity contribution in [3.63, 3.8) is 0 Å². The van der Waals surface area contributed by atoms with E-state index in [1.165, 1.54) is 7.11 Å². The lowest BCUT2D eigenvalue weighted by Crippen LogP contribution is -2.48. The summed E-state index contributed by atoms with van der Waals surface area (Å²) in [5, 5.41) is 0. The standard InChI is InChI=1S/C20H20F6N2O3S/c1-31-17-4-2-14(3-5-17)13-27-6-8-28(9-7-27)32(29,30)18-11-15(19(21,22)23)10-16(12-18)20(24,25)26/h2-5,10-12H,6-9,13H2,1H3. The zero-order valence-electron chi connectivity index (χ0n) is 16.9. The van der Waals surface area contributed by atoms with Crippen LogP contribution in [0.4, 0.5) is 26.3 Å². The number of halogens is 6. The van der Waals surface area contributed by atoms with E-state index in [0.717, 1.165) is 9.87 Å². The van der Waals surface area contributed by atoms with E-state index in [1.807, 2.05) is 17.0 Å². The Hall–Kier alpha value is -2.31. The van der Waals surface area contributed by atoms with Gasteiger partial charge in [-0.05, 0) is 35.9 Å². The van der Waals surface area contributed by atoms with Crippen molar-refractivity contribution in [3.8, 4) is 5.75 Å². The van der Waals surface area contributed by atoms with E-state index >= 15 is 0 Å². The fraction of sp³-hybridized carbons (Fsp3) is 0.400. The Bertz CT molecular complexity index is 1010. The predicted octanol–water partition coefficient (Wildman–Crippen LogP) is 4.24. The molecule has 1 heterocycles. The fourth-order valence-corrected chi connectivity index (χ4v) is 4.84. The molecule has 0 amide bonds. The van der Waals surface area contributed by atoms with Gasteiger partial charge in [-0.25, -0.2) is 8.42 Å². The first kappa shape index (κ1) is 24.3. The normalized spacial score (nSPS) is 16.8. The molecule has 2 aromatic carbocycles. The second kappa shape index (κ2) is 8.91. The second-order valence-electron chi connectivity index (χ2n) is 7.27. The summed E-state index contributed by atoms with van der Waals surface area (Å²) < 4.78 is 110. The molecule has 3 rings (SSSR count). The van der Waals surface area contributed by atoms with Crippen molar-refractivity contribution in [3.05, 3.63) is 59.2 Å².